The molecule has 0 N–H and O–H groups in total. The SMILES string of the molecule is c1ccn(N(c2ccc3ccc4c(N(n5cccc5)n5cccc5)ccc5ccc2c3c54)n2cccc2)c1. The van der Waals surface area contributed by atoms with Gasteiger partial charge in [0.25, 0.3) is 0 Å². The van der Waals surface area contributed by atoms with Crippen molar-refractivity contribution in [2.24, 2.45) is 0 Å². The van der Waals surface area contributed by atoms with Crippen molar-refractivity contribution in [1.82, 2.24) is 18.7 Å². The fraction of sp³-hybridized carbons (Fsp3) is 0. The topological polar surface area (TPSA) is 26.2 Å². The Bertz CT molecular complexity index is 1750. The molecule has 0 bridgehead atoms. The zero-order valence-corrected chi connectivity index (χ0v) is 20.5. The van der Waals surface area contributed by atoms with Crippen molar-refractivity contribution in [3.05, 3.63) is 147 Å². The van der Waals surface area contributed by atoms with E-state index < -0.39 is 0 Å². The van der Waals surface area contributed by atoms with Crippen LogP contribution in [0, 0.1) is 0 Å². The maximum Gasteiger partial charge on any atom is 0.0902 e. The summed E-state index contributed by atoms with van der Waals surface area (Å²) < 4.78 is 8.43. The van der Waals surface area contributed by atoms with E-state index in [9.17, 15) is 0 Å². The van der Waals surface area contributed by atoms with Crippen LogP contribution < -0.4 is 10.2 Å². The number of anilines is 2. The third-order valence-electron chi connectivity index (χ3n) is 7.28. The van der Waals surface area contributed by atoms with E-state index in [0.717, 1.165) is 11.4 Å². The van der Waals surface area contributed by atoms with Gasteiger partial charge >= 0.3 is 0 Å². The molecule has 0 radical (unpaired) electrons. The molecular weight excluding hydrogens is 468 g/mol. The molecule has 0 saturated heterocycles. The first-order valence-corrected chi connectivity index (χ1v) is 12.7. The van der Waals surface area contributed by atoms with Crippen LogP contribution in [-0.2, 0) is 0 Å². The normalized spacial score (nSPS) is 11.7. The summed E-state index contributed by atoms with van der Waals surface area (Å²) in [6, 6.07) is 34.3. The highest BCUT2D eigenvalue weighted by Gasteiger charge is 2.20. The maximum absolute atomic E-state index is 2.26. The van der Waals surface area contributed by atoms with E-state index >= 15 is 0 Å². The molecule has 4 aromatic carbocycles. The van der Waals surface area contributed by atoms with Crippen LogP contribution in [0.15, 0.2) is 147 Å². The van der Waals surface area contributed by atoms with Crippen molar-refractivity contribution in [2.75, 3.05) is 10.2 Å². The quantitative estimate of drug-likeness (QED) is 0.228. The lowest BCUT2D eigenvalue weighted by molar-refractivity contribution is 0.612. The highest BCUT2D eigenvalue weighted by molar-refractivity contribution is 6.27. The molecule has 4 heterocycles. The molecule has 0 unspecified atom stereocenters. The third kappa shape index (κ3) is 3.01. The third-order valence-corrected chi connectivity index (χ3v) is 7.28. The minimum atomic E-state index is 1.11. The van der Waals surface area contributed by atoms with Crippen LogP contribution in [0.1, 0.15) is 0 Å². The summed E-state index contributed by atoms with van der Waals surface area (Å²) >= 11 is 0. The predicted octanol–water partition coefficient (Wildman–Crippen LogP) is 7.26. The Kier molecular flexibility index (Phi) is 4.42. The summed E-state index contributed by atoms with van der Waals surface area (Å²) in [6.07, 6.45) is 16.6. The minimum absolute atomic E-state index is 1.11. The molecular formula is C32H24N6. The van der Waals surface area contributed by atoms with Crippen molar-refractivity contribution in [3.8, 4) is 0 Å². The van der Waals surface area contributed by atoms with Gasteiger partial charge in [0.05, 0.1) is 11.4 Å². The summed E-state index contributed by atoms with van der Waals surface area (Å²) in [5.41, 5.74) is 2.22. The molecule has 0 atom stereocenters. The van der Waals surface area contributed by atoms with Crippen LogP contribution in [-0.4, -0.2) is 18.7 Å². The van der Waals surface area contributed by atoms with Crippen molar-refractivity contribution in [2.45, 2.75) is 0 Å². The van der Waals surface area contributed by atoms with Crippen LogP contribution in [0.3, 0.4) is 0 Å². The van der Waals surface area contributed by atoms with Gasteiger partial charge in [0.1, 0.15) is 0 Å². The first-order valence-electron chi connectivity index (χ1n) is 12.7. The molecule has 0 fully saturated rings. The highest BCUT2D eigenvalue weighted by atomic mass is 15.8. The Morgan fingerprint density at radius 3 is 0.947 bits per heavy atom. The average Bonchev–Trinajstić information content (AvgIpc) is 3.78. The lowest BCUT2D eigenvalue weighted by Crippen LogP contribution is -2.33. The minimum Gasteiger partial charge on any atom is -0.249 e. The van der Waals surface area contributed by atoms with E-state index in [1.165, 1.54) is 32.3 Å². The van der Waals surface area contributed by atoms with Gasteiger partial charge in [-0.2, -0.15) is 10.2 Å². The largest absolute Gasteiger partial charge is 0.249 e. The number of aromatic nitrogens is 4. The van der Waals surface area contributed by atoms with Crippen molar-refractivity contribution in [1.29, 1.82) is 0 Å². The molecule has 182 valence electrons. The molecule has 8 rings (SSSR count). The number of hydrogen-bond acceptors (Lipinski definition) is 2. The van der Waals surface area contributed by atoms with E-state index in [-0.39, 0.29) is 0 Å². The Morgan fingerprint density at radius 2 is 0.632 bits per heavy atom. The van der Waals surface area contributed by atoms with Crippen molar-refractivity contribution < 1.29 is 0 Å². The van der Waals surface area contributed by atoms with E-state index in [1.54, 1.807) is 0 Å². The van der Waals surface area contributed by atoms with Gasteiger partial charge in [-0.1, -0.05) is 36.4 Å². The van der Waals surface area contributed by atoms with Gasteiger partial charge in [0.2, 0.25) is 0 Å². The fourth-order valence-electron chi connectivity index (χ4n) is 5.66. The van der Waals surface area contributed by atoms with E-state index in [0.29, 0.717) is 0 Å². The maximum atomic E-state index is 2.26. The lowest BCUT2D eigenvalue weighted by Gasteiger charge is -2.30. The van der Waals surface area contributed by atoms with Crippen LogP contribution in [0.25, 0.3) is 32.3 Å². The molecule has 0 saturated carbocycles. The summed E-state index contributed by atoms with van der Waals surface area (Å²) in [5, 5.41) is 11.8. The number of rotatable bonds is 6. The van der Waals surface area contributed by atoms with Gasteiger partial charge in [0.15, 0.2) is 0 Å². The molecule has 6 heteroatoms. The highest BCUT2D eigenvalue weighted by Crippen LogP contribution is 2.42. The van der Waals surface area contributed by atoms with Crippen LogP contribution >= 0.6 is 0 Å². The van der Waals surface area contributed by atoms with Gasteiger partial charge in [-0.3, -0.25) is 0 Å². The summed E-state index contributed by atoms with van der Waals surface area (Å²) in [7, 11) is 0. The summed E-state index contributed by atoms with van der Waals surface area (Å²) in [5.74, 6) is 0. The van der Waals surface area contributed by atoms with Crippen LogP contribution in [0.5, 0.6) is 0 Å². The van der Waals surface area contributed by atoms with Gasteiger partial charge in [0, 0.05) is 60.3 Å². The van der Waals surface area contributed by atoms with Gasteiger partial charge < -0.3 is 0 Å². The average molecular weight is 493 g/mol. The predicted molar refractivity (Wildman–Crippen MR) is 154 cm³/mol. The molecule has 6 nitrogen and oxygen atoms in total. The van der Waals surface area contributed by atoms with Crippen molar-refractivity contribution in [3.63, 3.8) is 0 Å². The zero-order chi connectivity index (χ0) is 25.1. The first kappa shape index (κ1) is 20.8. The second-order valence-corrected chi connectivity index (χ2v) is 9.42. The molecule has 8 aromatic rings. The monoisotopic (exact) mass is 492 g/mol. The molecule has 0 spiro atoms. The molecule has 0 aliphatic heterocycles. The fourth-order valence-corrected chi connectivity index (χ4v) is 5.66. The molecule has 0 aliphatic carbocycles. The Balaban J connectivity index is 1.43. The molecule has 0 aliphatic rings. The van der Waals surface area contributed by atoms with E-state index in [2.05, 4.69) is 176 Å². The van der Waals surface area contributed by atoms with E-state index in [4.69, 9.17) is 0 Å². The van der Waals surface area contributed by atoms with E-state index in [1.807, 2.05) is 0 Å². The lowest BCUT2D eigenvalue weighted by atomic mass is 9.92. The molecule has 4 aromatic heterocycles. The molecule has 0 amide bonds. The van der Waals surface area contributed by atoms with Gasteiger partial charge in [-0.25, -0.2) is 18.7 Å². The Morgan fingerprint density at radius 1 is 0.342 bits per heavy atom. The summed E-state index contributed by atoms with van der Waals surface area (Å²) in [4.78, 5) is 0. The van der Waals surface area contributed by atoms with Crippen LogP contribution in [0.4, 0.5) is 11.4 Å². The Labute approximate surface area is 219 Å². The second-order valence-electron chi connectivity index (χ2n) is 9.42. The first-order chi connectivity index (χ1) is 18.9. The standard InChI is InChI=1S/C32H24N6/c1-2-18-33(17-1)37(34-19-3-4-20-34)29-15-11-25-10-14-28-30(16-12-26-9-13-27(29)31(25)32(26)28)38(35-21-5-6-22-35)36-23-7-8-24-36/h1-24H. The zero-order valence-electron chi connectivity index (χ0n) is 20.5. The smallest absolute Gasteiger partial charge is 0.0902 e. The second kappa shape index (κ2) is 8.08. The van der Waals surface area contributed by atoms with Crippen molar-refractivity contribution >= 4 is 43.7 Å². The number of benzene rings is 4. The number of nitrogens with zero attached hydrogens (tertiary/aromatic N) is 6. The summed E-state index contributed by atoms with van der Waals surface area (Å²) in [6.45, 7) is 0. The Hall–Kier alpha value is -5.36. The number of hydrogen-bond donors (Lipinski definition) is 0. The van der Waals surface area contributed by atoms with Crippen LogP contribution in [0.2, 0.25) is 0 Å². The van der Waals surface area contributed by atoms with Gasteiger partial charge in [-0.05, 0) is 82.2 Å². The van der Waals surface area contributed by atoms with Gasteiger partial charge in [-0.15, -0.1) is 0 Å². The molecule has 38 heavy (non-hydrogen) atoms.